The van der Waals surface area contributed by atoms with Gasteiger partial charge in [0.1, 0.15) is 6.04 Å². The minimum Gasteiger partial charge on any atom is -0.493 e. The van der Waals surface area contributed by atoms with Crippen molar-refractivity contribution in [1.29, 1.82) is 0 Å². The zero-order valence-electron chi connectivity index (χ0n) is 14.7. The van der Waals surface area contributed by atoms with Crippen molar-refractivity contribution in [2.24, 2.45) is 0 Å². The Kier molecular flexibility index (Phi) is 7.10. The van der Waals surface area contributed by atoms with E-state index in [2.05, 4.69) is 5.32 Å². The number of quaternary nitrogens is 1. The monoisotopic (exact) mass is 363 g/mol. The average molecular weight is 364 g/mol. The van der Waals surface area contributed by atoms with Gasteiger partial charge in [-0.25, -0.2) is 0 Å². The summed E-state index contributed by atoms with van der Waals surface area (Å²) in [6.45, 7) is 2.80. The molecule has 6 heteroatoms. The third-order valence-corrected chi connectivity index (χ3v) is 4.33. The van der Waals surface area contributed by atoms with Crippen molar-refractivity contribution in [3.63, 3.8) is 0 Å². The van der Waals surface area contributed by atoms with Crippen molar-refractivity contribution in [1.82, 2.24) is 5.32 Å². The predicted molar refractivity (Wildman–Crippen MR) is 98.1 cm³/mol. The number of carbonyl (C=O) groups excluding carboxylic acids is 1. The zero-order valence-corrected chi connectivity index (χ0v) is 15.5. The second-order valence-corrected chi connectivity index (χ2v) is 6.12. The van der Waals surface area contributed by atoms with Gasteiger partial charge in [-0.05, 0) is 30.7 Å². The highest BCUT2D eigenvalue weighted by atomic mass is 35.5. The highest BCUT2D eigenvalue weighted by molar-refractivity contribution is 6.31. The fourth-order valence-corrected chi connectivity index (χ4v) is 2.83. The highest BCUT2D eigenvalue weighted by Gasteiger charge is 2.14. The van der Waals surface area contributed by atoms with Crippen LogP contribution in [-0.2, 0) is 11.3 Å². The van der Waals surface area contributed by atoms with Crippen LogP contribution in [0.15, 0.2) is 42.5 Å². The summed E-state index contributed by atoms with van der Waals surface area (Å²) >= 11 is 6.19. The van der Waals surface area contributed by atoms with Crippen molar-refractivity contribution in [3.05, 3.63) is 58.6 Å². The number of methoxy groups -OCH3 is 2. The summed E-state index contributed by atoms with van der Waals surface area (Å²) in [5.74, 6) is 1.28. The van der Waals surface area contributed by atoms with E-state index in [-0.39, 0.29) is 11.9 Å². The molecule has 2 aromatic carbocycles. The number of amides is 1. The lowest BCUT2D eigenvalue weighted by Crippen LogP contribution is -2.87. The summed E-state index contributed by atoms with van der Waals surface area (Å²) in [6.07, 6.45) is 0. The lowest BCUT2D eigenvalue weighted by Gasteiger charge is -2.13. The molecule has 1 atom stereocenters. The summed E-state index contributed by atoms with van der Waals surface area (Å²) in [6, 6.07) is 13.4. The Morgan fingerprint density at radius 3 is 2.56 bits per heavy atom. The molecule has 0 heterocycles. The van der Waals surface area contributed by atoms with E-state index in [4.69, 9.17) is 21.1 Å². The quantitative estimate of drug-likeness (QED) is 0.756. The smallest absolute Gasteiger partial charge is 0.275 e. The van der Waals surface area contributed by atoms with E-state index >= 15 is 0 Å². The van der Waals surface area contributed by atoms with E-state index < -0.39 is 0 Å². The van der Waals surface area contributed by atoms with E-state index in [1.54, 1.807) is 14.2 Å². The number of hydrogen-bond acceptors (Lipinski definition) is 3. The van der Waals surface area contributed by atoms with Gasteiger partial charge in [0.25, 0.3) is 5.91 Å². The van der Waals surface area contributed by atoms with E-state index in [0.717, 1.165) is 16.1 Å². The second kappa shape index (κ2) is 9.30. The largest absolute Gasteiger partial charge is 0.493 e. The molecule has 0 saturated carbocycles. The molecule has 0 unspecified atom stereocenters. The molecule has 0 radical (unpaired) electrons. The number of rotatable bonds is 8. The maximum Gasteiger partial charge on any atom is 0.275 e. The number of benzene rings is 2. The molecule has 1 amide bonds. The number of nitrogens with one attached hydrogen (secondary N) is 1. The van der Waals surface area contributed by atoms with Crippen LogP contribution in [0.1, 0.15) is 24.1 Å². The lowest BCUT2D eigenvalue weighted by molar-refractivity contribution is -0.682. The predicted octanol–water partition coefficient (Wildman–Crippen LogP) is 2.30. The number of carbonyl (C=O) groups is 1. The van der Waals surface area contributed by atoms with Gasteiger partial charge in [-0.3, -0.25) is 4.79 Å². The number of nitrogens with two attached hydrogens (primary N) is 1. The molecule has 0 aliphatic carbocycles. The Labute approximate surface area is 153 Å². The van der Waals surface area contributed by atoms with Gasteiger partial charge >= 0.3 is 0 Å². The van der Waals surface area contributed by atoms with Crippen LogP contribution in [0.25, 0.3) is 0 Å². The van der Waals surface area contributed by atoms with Gasteiger partial charge in [0.2, 0.25) is 0 Å². The van der Waals surface area contributed by atoms with Gasteiger partial charge in [-0.1, -0.05) is 35.9 Å². The van der Waals surface area contributed by atoms with Crippen LogP contribution in [0.4, 0.5) is 0 Å². The van der Waals surface area contributed by atoms with Crippen molar-refractivity contribution < 1.29 is 19.6 Å². The molecule has 0 spiro atoms. The van der Waals surface area contributed by atoms with Crippen LogP contribution in [0.3, 0.4) is 0 Å². The fourth-order valence-electron chi connectivity index (χ4n) is 2.52. The summed E-state index contributed by atoms with van der Waals surface area (Å²) < 4.78 is 10.5. The standard InChI is InChI=1S/C19H23ClN2O3/c1-13(15-6-4-5-7-16(15)20)21-12-19(23)22-11-14-8-9-17(24-2)18(10-14)25-3/h4-10,13,21H,11-12H2,1-3H3,(H,22,23)/p+1/t13-/m0/s1. The van der Waals surface area contributed by atoms with Gasteiger partial charge in [-0.2, -0.15) is 0 Å². The Balaban J connectivity index is 1.84. The maximum atomic E-state index is 12.1. The summed E-state index contributed by atoms with van der Waals surface area (Å²) in [5.41, 5.74) is 1.97. The molecular formula is C19H24ClN2O3+. The van der Waals surface area contributed by atoms with Crippen LogP contribution in [0, 0.1) is 0 Å². The van der Waals surface area contributed by atoms with Crippen molar-refractivity contribution in [2.45, 2.75) is 19.5 Å². The minimum atomic E-state index is -0.0336. The van der Waals surface area contributed by atoms with Gasteiger partial charge in [-0.15, -0.1) is 0 Å². The zero-order chi connectivity index (χ0) is 18.2. The van der Waals surface area contributed by atoms with Crippen molar-refractivity contribution >= 4 is 17.5 Å². The fraction of sp³-hybridized carbons (Fsp3) is 0.316. The Hall–Kier alpha value is -2.24. The first-order valence-corrected chi connectivity index (χ1v) is 8.48. The average Bonchev–Trinajstić information content (AvgIpc) is 2.64. The first-order valence-electron chi connectivity index (χ1n) is 8.10. The molecular weight excluding hydrogens is 340 g/mol. The Morgan fingerprint density at radius 1 is 1.16 bits per heavy atom. The van der Waals surface area contributed by atoms with E-state index in [1.165, 1.54) is 0 Å². The molecule has 25 heavy (non-hydrogen) atoms. The Morgan fingerprint density at radius 2 is 1.88 bits per heavy atom. The van der Waals surface area contributed by atoms with Crippen LogP contribution >= 0.6 is 11.6 Å². The second-order valence-electron chi connectivity index (χ2n) is 5.72. The molecule has 0 aliphatic heterocycles. The maximum absolute atomic E-state index is 12.1. The van der Waals surface area contributed by atoms with Crippen LogP contribution in [0.2, 0.25) is 5.02 Å². The highest BCUT2D eigenvalue weighted by Crippen LogP contribution is 2.27. The van der Waals surface area contributed by atoms with Gasteiger partial charge < -0.3 is 20.1 Å². The normalized spacial score (nSPS) is 11.7. The third-order valence-electron chi connectivity index (χ3n) is 3.99. The first-order chi connectivity index (χ1) is 12.0. The molecule has 0 aromatic heterocycles. The summed E-state index contributed by atoms with van der Waals surface area (Å²) in [5, 5.41) is 5.59. The molecule has 0 saturated heterocycles. The molecule has 0 bridgehead atoms. The van der Waals surface area contributed by atoms with E-state index in [0.29, 0.717) is 24.6 Å². The van der Waals surface area contributed by atoms with Crippen LogP contribution in [0.5, 0.6) is 11.5 Å². The lowest BCUT2D eigenvalue weighted by atomic mass is 10.1. The molecule has 5 nitrogen and oxygen atoms in total. The van der Waals surface area contributed by atoms with Crippen molar-refractivity contribution in [2.75, 3.05) is 20.8 Å². The van der Waals surface area contributed by atoms with Crippen molar-refractivity contribution in [3.8, 4) is 11.5 Å². The van der Waals surface area contributed by atoms with Gasteiger partial charge in [0.15, 0.2) is 18.0 Å². The molecule has 134 valence electrons. The molecule has 2 aromatic rings. The SMILES string of the molecule is COc1ccc(CNC(=O)C[NH2+][C@@H](C)c2ccccc2Cl)cc1OC. The van der Waals surface area contributed by atoms with Gasteiger partial charge in [0, 0.05) is 17.1 Å². The Bertz CT molecular complexity index is 722. The molecule has 3 N–H and O–H groups in total. The minimum absolute atomic E-state index is 0.0336. The first kappa shape index (κ1) is 19.1. The van der Waals surface area contributed by atoms with Crippen LogP contribution < -0.4 is 20.1 Å². The molecule has 0 fully saturated rings. The summed E-state index contributed by atoms with van der Waals surface area (Å²) in [7, 11) is 3.18. The number of ether oxygens (including phenoxy) is 2. The molecule has 0 aliphatic rings. The third kappa shape index (κ3) is 5.37. The van der Waals surface area contributed by atoms with E-state index in [1.807, 2.05) is 54.7 Å². The number of halogens is 1. The molecule has 2 rings (SSSR count). The number of hydrogen-bond donors (Lipinski definition) is 2. The topological polar surface area (TPSA) is 64.2 Å². The summed E-state index contributed by atoms with van der Waals surface area (Å²) in [4.78, 5) is 12.1. The van der Waals surface area contributed by atoms with E-state index in [9.17, 15) is 4.79 Å². The van der Waals surface area contributed by atoms with Crippen LogP contribution in [-0.4, -0.2) is 26.7 Å². The van der Waals surface area contributed by atoms with Gasteiger partial charge in [0.05, 0.1) is 14.2 Å².